The molecule has 1 aliphatic carbocycles. The second-order valence-corrected chi connectivity index (χ2v) is 11.6. The van der Waals surface area contributed by atoms with Gasteiger partial charge in [-0.05, 0) is 31.0 Å². The van der Waals surface area contributed by atoms with Gasteiger partial charge in [0.1, 0.15) is 18.3 Å². The number of epoxide rings is 1. The Hall–Kier alpha value is -1.82. The summed E-state index contributed by atoms with van der Waals surface area (Å²) >= 11 is 0. The molecule has 0 radical (unpaired) electrons. The van der Waals surface area contributed by atoms with Gasteiger partial charge in [0.2, 0.25) is 10.0 Å². The van der Waals surface area contributed by atoms with Crippen LogP contribution in [-0.4, -0.2) is 53.5 Å². The lowest BCUT2D eigenvalue weighted by Crippen LogP contribution is -2.41. The number of fused-ring (bicyclic) bond motifs is 1. The van der Waals surface area contributed by atoms with E-state index in [9.17, 15) is 16.8 Å². The molecule has 1 saturated carbocycles. The Balaban J connectivity index is 1.52. The van der Waals surface area contributed by atoms with Crippen molar-refractivity contribution >= 4 is 20.1 Å². The van der Waals surface area contributed by atoms with Gasteiger partial charge in [-0.15, -0.1) is 0 Å². The predicted octanol–water partition coefficient (Wildman–Crippen LogP) is 2.13. The molecule has 8 nitrogen and oxygen atoms in total. The van der Waals surface area contributed by atoms with Crippen LogP contribution in [0.2, 0.25) is 0 Å². The average molecular weight is 482 g/mol. The second kappa shape index (κ2) is 9.20. The highest BCUT2D eigenvalue weighted by atomic mass is 32.2. The van der Waals surface area contributed by atoms with Crippen molar-refractivity contribution in [3.8, 4) is 0 Å². The van der Waals surface area contributed by atoms with E-state index in [-0.39, 0.29) is 11.3 Å². The van der Waals surface area contributed by atoms with E-state index in [1.165, 1.54) is 0 Å². The summed E-state index contributed by atoms with van der Waals surface area (Å²) in [5, 5.41) is 0. The zero-order valence-electron chi connectivity index (χ0n) is 17.9. The largest absolute Gasteiger partial charge is 0.373 e. The third-order valence-corrected chi connectivity index (χ3v) is 7.70. The number of aryl methyl sites for hydroxylation is 1. The maximum absolute atomic E-state index is 12.9. The van der Waals surface area contributed by atoms with Gasteiger partial charge < -0.3 is 9.47 Å². The minimum Gasteiger partial charge on any atom is -0.373 e. The lowest BCUT2D eigenvalue weighted by molar-refractivity contribution is -0.00311. The molecule has 0 unspecified atom stereocenters. The van der Waals surface area contributed by atoms with Crippen LogP contribution in [0.4, 0.5) is 0 Å². The molecular weight excluding hydrogens is 454 g/mol. The highest BCUT2D eigenvalue weighted by molar-refractivity contribution is 7.89. The molecule has 2 fully saturated rings. The van der Waals surface area contributed by atoms with Gasteiger partial charge in [0.05, 0.1) is 29.9 Å². The molecule has 5 atom stereocenters. The predicted molar refractivity (Wildman–Crippen MR) is 118 cm³/mol. The molecule has 1 saturated heterocycles. The molecule has 0 bridgehead atoms. The molecule has 0 spiro atoms. The van der Waals surface area contributed by atoms with Gasteiger partial charge in [-0.3, -0.25) is 4.18 Å². The topological polar surface area (TPSA) is 111 Å². The zero-order chi connectivity index (χ0) is 22.9. The summed E-state index contributed by atoms with van der Waals surface area (Å²) in [7, 11) is -7.50. The number of hydrogen-bond donors (Lipinski definition) is 1. The summed E-state index contributed by atoms with van der Waals surface area (Å²) < 4.78 is 69.1. The molecular formula is C22H27NO7S2. The van der Waals surface area contributed by atoms with E-state index in [1.807, 2.05) is 37.3 Å². The van der Waals surface area contributed by atoms with Gasteiger partial charge in [0, 0.05) is 6.42 Å². The van der Waals surface area contributed by atoms with Crippen molar-refractivity contribution in [3.63, 3.8) is 0 Å². The molecule has 2 aromatic carbocycles. The smallest absolute Gasteiger partial charge is 0.264 e. The Morgan fingerprint density at radius 3 is 2.31 bits per heavy atom. The van der Waals surface area contributed by atoms with E-state index in [0.717, 1.165) is 17.4 Å². The fraction of sp³-hybridized carbons (Fsp3) is 0.455. The Bertz CT molecular complexity index is 1130. The van der Waals surface area contributed by atoms with Gasteiger partial charge in [-0.1, -0.05) is 48.0 Å². The number of benzene rings is 2. The van der Waals surface area contributed by atoms with Gasteiger partial charge >= 0.3 is 0 Å². The maximum Gasteiger partial charge on any atom is 0.264 e. The maximum atomic E-state index is 12.9. The van der Waals surface area contributed by atoms with E-state index in [1.54, 1.807) is 24.3 Å². The average Bonchev–Trinajstić information content (AvgIpc) is 3.52. The lowest BCUT2D eigenvalue weighted by atomic mass is 10.1. The van der Waals surface area contributed by atoms with Crippen LogP contribution in [0.5, 0.6) is 0 Å². The third-order valence-electron chi connectivity index (χ3n) is 5.60. The Morgan fingerprint density at radius 2 is 1.66 bits per heavy atom. The first-order valence-electron chi connectivity index (χ1n) is 10.4. The fourth-order valence-corrected chi connectivity index (χ4v) is 5.91. The monoisotopic (exact) mass is 481 g/mol. The van der Waals surface area contributed by atoms with Crippen LogP contribution in [0.25, 0.3) is 0 Å². The minimum atomic E-state index is -3.79. The van der Waals surface area contributed by atoms with E-state index >= 15 is 0 Å². The van der Waals surface area contributed by atoms with Crippen LogP contribution in [0, 0.1) is 6.92 Å². The van der Waals surface area contributed by atoms with E-state index in [0.29, 0.717) is 13.0 Å². The van der Waals surface area contributed by atoms with Gasteiger partial charge in [0.15, 0.2) is 0 Å². The molecule has 2 aliphatic rings. The fourth-order valence-electron chi connectivity index (χ4n) is 4.01. The number of nitrogens with one attached hydrogen (secondary N) is 1. The summed E-state index contributed by atoms with van der Waals surface area (Å²) in [5.41, 5.74) is 1.93. The SMILES string of the molecule is Cc1ccc(S(=O)(=O)N[C@H]2C[C@@H](OCc3ccccc3)C[C@H](OS(C)(=O)=O)[C@H]3O[C@H]32)cc1. The molecule has 32 heavy (non-hydrogen) atoms. The Labute approximate surface area is 189 Å². The molecule has 0 aromatic heterocycles. The van der Waals surface area contributed by atoms with Crippen LogP contribution in [0.15, 0.2) is 59.5 Å². The van der Waals surface area contributed by atoms with E-state index in [2.05, 4.69) is 4.72 Å². The summed E-state index contributed by atoms with van der Waals surface area (Å²) in [6.07, 6.45) is -0.527. The molecule has 1 N–H and O–H groups in total. The van der Waals surface area contributed by atoms with Gasteiger partial charge in [0.25, 0.3) is 10.1 Å². The first-order chi connectivity index (χ1) is 15.1. The summed E-state index contributed by atoms with van der Waals surface area (Å²) in [4.78, 5) is 0.162. The van der Waals surface area contributed by atoms with Crippen molar-refractivity contribution < 1.29 is 30.5 Å². The van der Waals surface area contributed by atoms with Crippen molar-refractivity contribution in [2.75, 3.05) is 6.26 Å². The van der Waals surface area contributed by atoms with Crippen LogP contribution in [0.1, 0.15) is 24.0 Å². The molecule has 174 valence electrons. The van der Waals surface area contributed by atoms with Crippen LogP contribution in [-0.2, 0) is 40.4 Å². The zero-order valence-corrected chi connectivity index (χ0v) is 19.5. The van der Waals surface area contributed by atoms with Crippen molar-refractivity contribution in [2.24, 2.45) is 0 Å². The summed E-state index contributed by atoms with van der Waals surface area (Å²) in [6.45, 7) is 2.21. The summed E-state index contributed by atoms with van der Waals surface area (Å²) in [5.74, 6) is 0. The van der Waals surface area contributed by atoms with Crippen molar-refractivity contribution in [2.45, 2.75) is 61.7 Å². The lowest BCUT2D eigenvalue weighted by Gasteiger charge is -2.24. The standard InChI is InChI=1S/C22H27NO7S2/c1-15-8-10-18(11-9-15)32(26,27)23-19-12-17(28-14-16-6-4-3-5-7-16)13-20(22-21(19)29-22)30-31(2,24)25/h3-11,17,19-23H,12-14H2,1-2H3/t17-,19+,20+,21+,22-/m1/s1. The van der Waals surface area contributed by atoms with Crippen molar-refractivity contribution in [1.82, 2.24) is 4.72 Å². The number of sulfonamides is 1. The third kappa shape index (κ3) is 5.94. The van der Waals surface area contributed by atoms with Crippen LogP contribution < -0.4 is 4.72 Å². The normalized spacial score (nSPS) is 28.0. The molecule has 1 aliphatic heterocycles. The quantitative estimate of drug-likeness (QED) is 0.454. The summed E-state index contributed by atoms with van der Waals surface area (Å²) in [6, 6.07) is 15.6. The highest BCUT2D eigenvalue weighted by Gasteiger charge is 2.55. The molecule has 1 heterocycles. The number of hydrogen-bond acceptors (Lipinski definition) is 7. The second-order valence-electron chi connectivity index (χ2n) is 8.33. The van der Waals surface area contributed by atoms with Crippen LogP contribution >= 0.6 is 0 Å². The number of rotatable bonds is 8. The van der Waals surface area contributed by atoms with Crippen molar-refractivity contribution in [1.29, 1.82) is 0 Å². The molecule has 2 aromatic rings. The minimum absolute atomic E-state index is 0.162. The Morgan fingerprint density at radius 1 is 0.969 bits per heavy atom. The first kappa shape index (κ1) is 23.3. The number of ether oxygens (including phenoxy) is 2. The highest BCUT2D eigenvalue weighted by Crippen LogP contribution is 2.39. The van der Waals surface area contributed by atoms with Crippen molar-refractivity contribution in [3.05, 3.63) is 65.7 Å². The first-order valence-corrected chi connectivity index (χ1v) is 13.7. The van der Waals surface area contributed by atoms with Gasteiger partial charge in [-0.25, -0.2) is 13.1 Å². The van der Waals surface area contributed by atoms with E-state index in [4.69, 9.17) is 13.7 Å². The Kier molecular flexibility index (Phi) is 6.71. The molecule has 4 rings (SSSR count). The molecule has 0 amide bonds. The van der Waals surface area contributed by atoms with Crippen LogP contribution in [0.3, 0.4) is 0 Å². The van der Waals surface area contributed by atoms with E-state index < -0.39 is 50.6 Å². The molecule has 10 heteroatoms. The van der Waals surface area contributed by atoms with Gasteiger partial charge in [-0.2, -0.15) is 8.42 Å².